The van der Waals surface area contributed by atoms with Crippen molar-refractivity contribution < 1.29 is 0 Å². The Kier molecular flexibility index (Phi) is 9.13. The molecule has 0 amide bonds. The minimum Gasteiger partial charge on any atom is -0.248 e. The van der Waals surface area contributed by atoms with E-state index in [0.717, 1.165) is 72.6 Å². The van der Waals surface area contributed by atoms with Crippen LogP contribution in [0.3, 0.4) is 0 Å². The van der Waals surface area contributed by atoms with Crippen molar-refractivity contribution in [3.05, 3.63) is 206 Å². The van der Waals surface area contributed by atoms with Crippen LogP contribution in [0.15, 0.2) is 200 Å². The van der Waals surface area contributed by atoms with Crippen molar-refractivity contribution in [1.82, 2.24) is 19.9 Å². The average Bonchev–Trinajstić information content (AvgIpc) is 3.27. The van der Waals surface area contributed by atoms with Crippen LogP contribution >= 0.6 is 0 Å². The summed E-state index contributed by atoms with van der Waals surface area (Å²) in [5.74, 6) is 1.90. The van der Waals surface area contributed by atoms with Gasteiger partial charge in [0, 0.05) is 27.8 Å². The Morgan fingerprint density at radius 3 is 0.945 bits per heavy atom. The standard InChI is InChI=1S/C51H36N4/c1-35-22-24-36(25-23-35)43-30-44(32-46(31-43)51-54-49(41-18-10-4-11-19-41)53-50(55-51)42-20-12-5-13-21-42)37-26-28-38(29-27-37)45-33-47(39-14-6-2-7-15-39)52-48(34-45)40-16-8-3-9-17-40/h2-34H,1H3. The van der Waals surface area contributed by atoms with Gasteiger partial charge in [-0.15, -0.1) is 0 Å². The Morgan fingerprint density at radius 2 is 0.545 bits per heavy atom. The molecule has 7 aromatic carbocycles. The Bertz CT molecular complexity index is 2600. The summed E-state index contributed by atoms with van der Waals surface area (Å²) in [5, 5.41) is 0. The molecule has 4 heteroatoms. The molecule has 4 nitrogen and oxygen atoms in total. The third kappa shape index (κ3) is 7.35. The molecule has 2 aromatic heterocycles. The maximum absolute atomic E-state index is 5.08. The first-order chi connectivity index (χ1) is 27.1. The van der Waals surface area contributed by atoms with Crippen LogP contribution in [0.25, 0.3) is 90.1 Å². The zero-order chi connectivity index (χ0) is 37.0. The monoisotopic (exact) mass is 704 g/mol. The molecule has 0 bridgehead atoms. The van der Waals surface area contributed by atoms with Crippen molar-refractivity contribution in [2.45, 2.75) is 6.92 Å². The molecular weight excluding hydrogens is 669 g/mol. The molecule has 55 heavy (non-hydrogen) atoms. The van der Waals surface area contributed by atoms with E-state index in [1.54, 1.807) is 0 Å². The van der Waals surface area contributed by atoms with E-state index in [9.17, 15) is 0 Å². The lowest BCUT2D eigenvalue weighted by molar-refractivity contribution is 1.07. The summed E-state index contributed by atoms with van der Waals surface area (Å²) < 4.78 is 0. The molecule has 9 aromatic rings. The second-order valence-corrected chi connectivity index (χ2v) is 13.6. The molecule has 0 aliphatic rings. The predicted molar refractivity (Wildman–Crippen MR) is 226 cm³/mol. The van der Waals surface area contributed by atoms with E-state index in [2.05, 4.69) is 134 Å². The van der Waals surface area contributed by atoms with Crippen molar-refractivity contribution in [1.29, 1.82) is 0 Å². The van der Waals surface area contributed by atoms with Crippen molar-refractivity contribution in [2.24, 2.45) is 0 Å². The van der Waals surface area contributed by atoms with Gasteiger partial charge >= 0.3 is 0 Å². The molecule has 0 aliphatic carbocycles. The molecule has 0 saturated heterocycles. The zero-order valence-electron chi connectivity index (χ0n) is 30.3. The summed E-state index contributed by atoms with van der Waals surface area (Å²) in [4.78, 5) is 20.2. The molecule has 0 radical (unpaired) electrons. The number of aryl methyl sites for hydroxylation is 1. The highest BCUT2D eigenvalue weighted by Gasteiger charge is 2.16. The summed E-state index contributed by atoms with van der Waals surface area (Å²) in [7, 11) is 0. The van der Waals surface area contributed by atoms with Gasteiger partial charge in [-0.05, 0) is 70.6 Å². The second-order valence-electron chi connectivity index (χ2n) is 13.6. The Balaban J connectivity index is 1.16. The number of pyridine rings is 1. The van der Waals surface area contributed by atoms with Gasteiger partial charge in [-0.2, -0.15) is 0 Å². The summed E-state index contributed by atoms with van der Waals surface area (Å²) in [6, 6.07) is 69.5. The molecule has 260 valence electrons. The van der Waals surface area contributed by atoms with Crippen molar-refractivity contribution in [3.8, 4) is 90.1 Å². The van der Waals surface area contributed by atoms with Gasteiger partial charge in [0.25, 0.3) is 0 Å². The minimum absolute atomic E-state index is 0.623. The lowest BCUT2D eigenvalue weighted by atomic mass is 9.94. The zero-order valence-corrected chi connectivity index (χ0v) is 30.3. The van der Waals surface area contributed by atoms with Crippen LogP contribution in [0, 0.1) is 6.92 Å². The van der Waals surface area contributed by atoms with Gasteiger partial charge in [-0.25, -0.2) is 19.9 Å². The average molecular weight is 705 g/mol. The van der Waals surface area contributed by atoms with Gasteiger partial charge in [0.1, 0.15) is 0 Å². The van der Waals surface area contributed by atoms with E-state index in [1.165, 1.54) is 5.56 Å². The predicted octanol–water partition coefficient (Wildman–Crippen LogP) is 12.9. The number of hydrogen-bond acceptors (Lipinski definition) is 4. The molecule has 0 unspecified atom stereocenters. The van der Waals surface area contributed by atoms with Crippen molar-refractivity contribution >= 4 is 0 Å². The lowest BCUT2D eigenvalue weighted by Crippen LogP contribution is -2.00. The first kappa shape index (κ1) is 33.5. The highest BCUT2D eigenvalue weighted by molar-refractivity contribution is 5.82. The van der Waals surface area contributed by atoms with E-state index >= 15 is 0 Å². The van der Waals surface area contributed by atoms with Crippen LogP contribution in [-0.4, -0.2) is 19.9 Å². The lowest BCUT2D eigenvalue weighted by Gasteiger charge is -2.13. The summed E-state index contributed by atoms with van der Waals surface area (Å²) in [6.45, 7) is 2.11. The molecule has 0 fully saturated rings. The fourth-order valence-corrected chi connectivity index (χ4v) is 6.84. The van der Waals surface area contributed by atoms with Gasteiger partial charge in [0.05, 0.1) is 11.4 Å². The summed E-state index contributed by atoms with van der Waals surface area (Å²) in [6.07, 6.45) is 0. The highest BCUT2D eigenvalue weighted by atomic mass is 15.0. The van der Waals surface area contributed by atoms with Crippen LogP contribution in [0.2, 0.25) is 0 Å². The summed E-state index contributed by atoms with van der Waals surface area (Å²) >= 11 is 0. The van der Waals surface area contributed by atoms with Crippen LogP contribution in [0.4, 0.5) is 0 Å². The molecule has 0 saturated carbocycles. The normalized spacial score (nSPS) is 11.0. The summed E-state index contributed by atoms with van der Waals surface area (Å²) in [5.41, 5.74) is 14.7. The van der Waals surface area contributed by atoms with E-state index in [4.69, 9.17) is 19.9 Å². The number of nitrogens with zero attached hydrogens (tertiary/aromatic N) is 4. The van der Waals surface area contributed by atoms with E-state index in [-0.39, 0.29) is 0 Å². The molecule has 0 N–H and O–H groups in total. The molecular formula is C51H36N4. The van der Waals surface area contributed by atoms with E-state index in [1.807, 2.05) is 72.8 Å². The number of benzene rings is 7. The van der Waals surface area contributed by atoms with Gasteiger partial charge in [0.15, 0.2) is 17.5 Å². The molecule has 2 heterocycles. The van der Waals surface area contributed by atoms with E-state index in [0.29, 0.717) is 17.5 Å². The van der Waals surface area contributed by atoms with Crippen molar-refractivity contribution in [3.63, 3.8) is 0 Å². The smallest absolute Gasteiger partial charge is 0.164 e. The number of hydrogen-bond donors (Lipinski definition) is 0. The van der Waals surface area contributed by atoms with Crippen LogP contribution in [-0.2, 0) is 0 Å². The Labute approximate surface area is 321 Å². The van der Waals surface area contributed by atoms with Gasteiger partial charge in [-0.3, -0.25) is 0 Å². The van der Waals surface area contributed by atoms with Crippen LogP contribution < -0.4 is 0 Å². The Hall–Kier alpha value is -7.30. The van der Waals surface area contributed by atoms with Crippen LogP contribution in [0.1, 0.15) is 5.56 Å². The molecule has 0 aliphatic heterocycles. The van der Waals surface area contributed by atoms with Crippen LogP contribution in [0.5, 0.6) is 0 Å². The quantitative estimate of drug-likeness (QED) is 0.158. The Morgan fingerprint density at radius 1 is 0.236 bits per heavy atom. The first-order valence-corrected chi connectivity index (χ1v) is 18.5. The fourth-order valence-electron chi connectivity index (χ4n) is 6.84. The maximum atomic E-state index is 5.08. The molecule has 9 rings (SSSR count). The largest absolute Gasteiger partial charge is 0.248 e. The highest BCUT2D eigenvalue weighted by Crippen LogP contribution is 2.36. The SMILES string of the molecule is Cc1ccc(-c2cc(-c3ccc(-c4cc(-c5ccccc5)nc(-c5ccccc5)c4)cc3)cc(-c3nc(-c4ccccc4)nc(-c4ccccc4)n3)c2)cc1. The molecule has 0 spiro atoms. The van der Waals surface area contributed by atoms with Gasteiger partial charge in [0.2, 0.25) is 0 Å². The van der Waals surface area contributed by atoms with Gasteiger partial charge < -0.3 is 0 Å². The second kappa shape index (κ2) is 15.0. The first-order valence-electron chi connectivity index (χ1n) is 18.5. The minimum atomic E-state index is 0.623. The molecule has 0 atom stereocenters. The topological polar surface area (TPSA) is 51.6 Å². The third-order valence-corrected chi connectivity index (χ3v) is 9.79. The number of rotatable bonds is 8. The maximum Gasteiger partial charge on any atom is 0.164 e. The van der Waals surface area contributed by atoms with Crippen molar-refractivity contribution in [2.75, 3.05) is 0 Å². The third-order valence-electron chi connectivity index (χ3n) is 9.79. The fraction of sp³-hybridized carbons (Fsp3) is 0.0196. The van der Waals surface area contributed by atoms with E-state index < -0.39 is 0 Å². The number of aromatic nitrogens is 4. The van der Waals surface area contributed by atoms with Gasteiger partial charge in [-0.1, -0.05) is 175 Å².